The maximum absolute atomic E-state index is 13.0. The third-order valence-corrected chi connectivity index (χ3v) is 9.31. The van der Waals surface area contributed by atoms with Gasteiger partial charge in [0.25, 0.3) is 0 Å². The van der Waals surface area contributed by atoms with Crippen molar-refractivity contribution < 1.29 is 14.3 Å². The molecule has 4 nitrogen and oxygen atoms in total. The first-order valence-corrected chi connectivity index (χ1v) is 11.4. The Kier molecular flexibility index (Phi) is 5.12. The Balaban J connectivity index is 1.51. The van der Waals surface area contributed by atoms with Crippen molar-refractivity contribution in [1.29, 1.82) is 0 Å². The van der Waals surface area contributed by atoms with E-state index in [4.69, 9.17) is 4.74 Å². The van der Waals surface area contributed by atoms with Crippen LogP contribution in [0.2, 0.25) is 0 Å². The number of methoxy groups -OCH3 is 1. The maximum Gasteiger partial charge on any atom is 0.328 e. The Hall–Kier alpha value is -1.32. The molecular formula is C24H37NO3. The maximum atomic E-state index is 13.0. The quantitative estimate of drug-likeness (QED) is 0.718. The highest BCUT2D eigenvalue weighted by Crippen LogP contribution is 2.66. The standard InChI is InChI=1S/C24H37NO3/c1-15(22(27)28-4)25-21(26)20-11-10-18-17-9-8-16-7-5-6-13-23(16,2)19(17)12-14-24(18,20)3/h11,15-19H,5-10,12-14H2,1-4H3,(H,25,26)/t15-,16?,17-,18-,19-,23-,24-/m0/s1. The molecule has 3 saturated carbocycles. The molecule has 0 heterocycles. The van der Waals surface area contributed by atoms with Crippen LogP contribution in [0.15, 0.2) is 11.6 Å². The summed E-state index contributed by atoms with van der Waals surface area (Å²) in [6.07, 6.45) is 13.9. The van der Waals surface area contributed by atoms with Gasteiger partial charge in [0, 0.05) is 11.0 Å². The molecule has 0 aromatic heterocycles. The van der Waals surface area contributed by atoms with E-state index in [1.54, 1.807) is 6.92 Å². The van der Waals surface area contributed by atoms with Crippen molar-refractivity contribution in [2.75, 3.05) is 7.11 Å². The number of esters is 1. The van der Waals surface area contributed by atoms with Crippen LogP contribution in [-0.4, -0.2) is 25.0 Å². The van der Waals surface area contributed by atoms with E-state index >= 15 is 0 Å². The van der Waals surface area contributed by atoms with Crippen LogP contribution in [0, 0.1) is 34.5 Å². The molecule has 1 unspecified atom stereocenters. The summed E-state index contributed by atoms with van der Waals surface area (Å²) in [5, 5.41) is 2.87. The molecule has 0 aliphatic heterocycles. The minimum absolute atomic E-state index is 0.0427. The summed E-state index contributed by atoms with van der Waals surface area (Å²) < 4.78 is 4.77. The third-order valence-electron chi connectivity index (χ3n) is 9.31. The van der Waals surface area contributed by atoms with Crippen molar-refractivity contribution in [1.82, 2.24) is 5.32 Å². The topological polar surface area (TPSA) is 55.4 Å². The average Bonchev–Trinajstić information content (AvgIpc) is 3.04. The van der Waals surface area contributed by atoms with Gasteiger partial charge in [-0.15, -0.1) is 0 Å². The molecule has 0 saturated heterocycles. The highest BCUT2D eigenvalue weighted by Gasteiger charge is 2.58. The Morgan fingerprint density at radius 1 is 1.11 bits per heavy atom. The van der Waals surface area contributed by atoms with E-state index < -0.39 is 6.04 Å². The molecule has 0 bridgehead atoms. The first-order valence-electron chi connectivity index (χ1n) is 11.4. The van der Waals surface area contributed by atoms with E-state index in [-0.39, 0.29) is 17.3 Å². The molecule has 0 radical (unpaired) electrons. The highest BCUT2D eigenvalue weighted by molar-refractivity contribution is 5.97. The van der Waals surface area contributed by atoms with Gasteiger partial charge in [-0.3, -0.25) is 4.79 Å². The molecule has 0 aromatic rings. The molecule has 3 fully saturated rings. The fourth-order valence-electron chi connectivity index (χ4n) is 7.72. The average molecular weight is 388 g/mol. The summed E-state index contributed by atoms with van der Waals surface area (Å²) in [7, 11) is 1.36. The number of amides is 1. The Bertz CT molecular complexity index is 685. The van der Waals surface area contributed by atoms with Crippen LogP contribution >= 0.6 is 0 Å². The molecule has 7 atom stereocenters. The molecule has 1 amide bonds. The van der Waals surface area contributed by atoms with E-state index in [1.807, 2.05) is 0 Å². The summed E-state index contributed by atoms with van der Waals surface area (Å²) >= 11 is 0. The van der Waals surface area contributed by atoms with Crippen molar-refractivity contribution in [3.63, 3.8) is 0 Å². The van der Waals surface area contributed by atoms with E-state index in [0.29, 0.717) is 11.3 Å². The number of rotatable bonds is 3. The zero-order valence-electron chi connectivity index (χ0n) is 18.1. The highest BCUT2D eigenvalue weighted by atomic mass is 16.5. The van der Waals surface area contributed by atoms with Gasteiger partial charge < -0.3 is 10.1 Å². The summed E-state index contributed by atoms with van der Waals surface area (Å²) in [6, 6.07) is -0.603. The lowest BCUT2D eigenvalue weighted by Crippen LogP contribution is -2.53. The smallest absolute Gasteiger partial charge is 0.328 e. The molecule has 1 N–H and O–H groups in total. The number of ether oxygens (including phenoxy) is 1. The summed E-state index contributed by atoms with van der Waals surface area (Å²) in [4.78, 5) is 24.7. The number of hydrogen-bond donors (Lipinski definition) is 1. The van der Waals surface area contributed by atoms with Crippen molar-refractivity contribution in [3.05, 3.63) is 11.6 Å². The van der Waals surface area contributed by atoms with Crippen LogP contribution in [0.3, 0.4) is 0 Å². The number of fused-ring (bicyclic) bond motifs is 5. The zero-order chi connectivity index (χ0) is 20.1. The van der Waals surface area contributed by atoms with Crippen LogP contribution < -0.4 is 5.32 Å². The Labute approximate surface area is 169 Å². The van der Waals surface area contributed by atoms with Gasteiger partial charge in [-0.25, -0.2) is 4.79 Å². The summed E-state index contributed by atoms with van der Waals surface area (Å²) in [6.45, 7) is 6.59. The van der Waals surface area contributed by atoms with Crippen molar-refractivity contribution in [3.8, 4) is 0 Å². The predicted molar refractivity (Wildman–Crippen MR) is 109 cm³/mol. The number of allylic oxidation sites excluding steroid dienone is 1. The van der Waals surface area contributed by atoms with Gasteiger partial charge in [0.1, 0.15) is 6.04 Å². The van der Waals surface area contributed by atoms with Gasteiger partial charge in [0.05, 0.1) is 7.11 Å². The van der Waals surface area contributed by atoms with E-state index in [2.05, 4.69) is 25.2 Å². The second-order valence-corrected chi connectivity index (χ2v) is 10.4. The van der Waals surface area contributed by atoms with Crippen LogP contribution in [0.4, 0.5) is 0 Å². The molecule has 0 spiro atoms. The van der Waals surface area contributed by atoms with E-state index in [9.17, 15) is 9.59 Å². The van der Waals surface area contributed by atoms with Gasteiger partial charge >= 0.3 is 5.97 Å². The van der Waals surface area contributed by atoms with Crippen LogP contribution in [0.1, 0.15) is 78.6 Å². The summed E-state index contributed by atoms with van der Waals surface area (Å²) in [5.74, 6) is 2.62. The fourth-order valence-corrected chi connectivity index (χ4v) is 7.72. The monoisotopic (exact) mass is 387 g/mol. The number of nitrogens with one attached hydrogen (secondary N) is 1. The summed E-state index contributed by atoms with van der Waals surface area (Å²) in [5.41, 5.74) is 1.40. The second kappa shape index (κ2) is 7.18. The van der Waals surface area contributed by atoms with Crippen LogP contribution in [0.5, 0.6) is 0 Å². The van der Waals surface area contributed by atoms with Crippen molar-refractivity contribution in [2.45, 2.75) is 84.6 Å². The molecule has 4 rings (SSSR count). The lowest BCUT2D eigenvalue weighted by molar-refractivity contribution is -0.144. The van der Waals surface area contributed by atoms with Gasteiger partial charge in [-0.2, -0.15) is 0 Å². The first kappa shape index (κ1) is 20.0. The normalized spacial score (nSPS) is 43.1. The number of carbonyl (C=O) groups excluding carboxylic acids is 2. The molecule has 156 valence electrons. The molecule has 28 heavy (non-hydrogen) atoms. The molecule has 4 aliphatic carbocycles. The van der Waals surface area contributed by atoms with Crippen LogP contribution in [0.25, 0.3) is 0 Å². The minimum atomic E-state index is -0.603. The predicted octanol–water partition coefficient (Wildman–Crippen LogP) is 4.63. The number of hydrogen-bond acceptors (Lipinski definition) is 3. The minimum Gasteiger partial charge on any atom is -0.467 e. The van der Waals surface area contributed by atoms with Gasteiger partial charge in [0.15, 0.2) is 0 Å². The van der Waals surface area contributed by atoms with Crippen molar-refractivity contribution >= 4 is 11.9 Å². The lowest BCUT2D eigenvalue weighted by atomic mass is 9.45. The first-order chi connectivity index (χ1) is 13.3. The SMILES string of the molecule is COC(=O)[C@H](C)NC(=O)C1=CC[C@H]2[C@@H]3CCC4CCCC[C@]4(C)[C@H]3CC[C@]12C. The van der Waals surface area contributed by atoms with Gasteiger partial charge in [-0.05, 0) is 81.0 Å². The van der Waals surface area contributed by atoms with Gasteiger partial charge in [0.2, 0.25) is 5.91 Å². The fraction of sp³-hybridized carbons (Fsp3) is 0.833. The zero-order valence-corrected chi connectivity index (χ0v) is 18.1. The molecule has 4 heteroatoms. The molecular weight excluding hydrogens is 350 g/mol. The van der Waals surface area contributed by atoms with Crippen LogP contribution in [-0.2, 0) is 14.3 Å². The Morgan fingerprint density at radius 3 is 2.64 bits per heavy atom. The van der Waals surface area contributed by atoms with E-state index in [0.717, 1.165) is 36.2 Å². The van der Waals surface area contributed by atoms with Crippen molar-refractivity contribution in [2.24, 2.45) is 34.5 Å². The van der Waals surface area contributed by atoms with E-state index in [1.165, 1.54) is 52.1 Å². The van der Waals surface area contributed by atoms with Gasteiger partial charge in [-0.1, -0.05) is 32.8 Å². The second-order valence-electron chi connectivity index (χ2n) is 10.4. The number of carbonyl (C=O) groups is 2. The third kappa shape index (κ3) is 2.93. The Morgan fingerprint density at radius 2 is 1.89 bits per heavy atom. The largest absolute Gasteiger partial charge is 0.467 e. The lowest BCUT2D eigenvalue weighted by Gasteiger charge is -2.60. The molecule has 4 aliphatic rings. The molecule has 0 aromatic carbocycles.